The summed E-state index contributed by atoms with van der Waals surface area (Å²) in [5.41, 5.74) is 10.2. The van der Waals surface area contributed by atoms with E-state index in [4.69, 9.17) is 0 Å². The van der Waals surface area contributed by atoms with Crippen molar-refractivity contribution in [2.45, 2.75) is 39.0 Å². The van der Waals surface area contributed by atoms with Crippen molar-refractivity contribution in [2.75, 3.05) is 0 Å². The van der Waals surface area contributed by atoms with Gasteiger partial charge in [0.25, 0.3) is 0 Å². The third kappa shape index (κ3) is 2.44. The molecule has 1 atom stereocenters. The Kier molecular flexibility index (Phi) is 3.60. The first kappa shape index (κ1) is 15.6. The zero-order chi connectivity index (χ0) is 17.7. The maximum Gasteiger partial charge on any atom is 0.00615 e. The molecule has 0 amide bonds. The monoisotopic (exact) mass is 336 g/mol. The average molecular weight is 336 g/mol. The van der Waals surface area contributed by atoms with E-state index in [1.54, 1.807) is 5.57 Å². The molecule has 3 aliphatic rings. The van der Waals surface area contributed by atoms with Gasteiger partial charge >= 0.3 is 0 Å². The van der Waals surface area contributed by atoms with Gasteiger partial charge < -0.3 is 0 Å². The van der Waals surface area contributed by atoms with Gasteiger partial charge in [0.15, 0.2) is 0 Å². The van der Waals surface area contributed by atoms with Crippen LogP contribution in [0.1, 0.15) is 54.4 Å². The lowest BCUT2D eigenvalue weighted by molar-refractivity contribution is 0.796. The van der Waals surface area contributed by atoms with Crippen LogP contribution in [0.2, 0.25) is 0 Å². The molecule has 3 aliphatic carbocycles. The first-order chi connectivity index (χ1) is 12.7. The second-order valence-corrected chi connectivity index (χ2v) is 7.88. The number of hydrogen-bond donors (Lipinski definition) is 0. The van der Waals surface area contributed by atoms with Crippen molar-refractivity contribution in [3.63, 3.8) is 0 Å². The van der Waals surface area contributed by atoms with Crippen LogP contribution in [0.25, 0.3) is 23.8 Å². The third-order valence-electron chi connectivity index (χ3n) is 6.12. The highest BCUT2D eigenvalue weighted by Gasteiger charge is 2.22. The number of rotatable bonds is 1. The van der Waals surface area contributed by atoms with Crippen LogP contribution in [0.4, 0.5) is 0 Å². The summed E-state index contributed by atoms with van der Waals surface area (Å²) in [6, 6.07) is 13.5. The van der Waals surface area contributed by atoms with Gasteiger partial charge in [0.1, 0.15) is 0 Å². The molecular formula is C26H24. The highest BCUT2D eigenvalue weighted by molar-refractivity contribution is 5.83. The minimum atomic E-state index is 0.514. The molecule has 0 radical (unpaired) electrons. The minimum Gasteiger partial charge on any atom is -0.0761 e. The Morgan fingerprint density at radius 3 is 2.62 bits per heavy atom. The number of hydrogen-bond acceptors (Lipinski definition) is 0. The second-order valence-electron chi connectivity index (χ2n) is 7.88. The predicted molar refractivity (Wildman–Crippen MR) is 112 cm³/mol. The molecule has 0 nitrogen and oxygen atoms in total. The normalized spacial score (nSPS) is 20.4. The van der Waals surface area contributed by atoms with Gasteiger partial charge in [-0.1, -0.05) is 77.9 Å². The van der Waals surface area contributed by atoms with Gasteiger partial charge in [0.05, 0.1) is 0 Å². The fourth-order valence-corrected chi connectivity index (χ4v) is 4.74. The van der Waals surface area contributed by atoms with E-state index in [-0.39, 0.29) is 0 Å². The highest BCUT2D eigenvalue weighted by Crippen LogP contribution is 2.38. The van der Waals surface area contributed by atoms with Crippen LogP contribution < -0.4 is 10.4 Å². The fraction of sp³-hybridized carbons (Fsp3) is 0.231. The number of fused-ring (bicyclic) bond motifs is 4. The molecule has 0 spiro atoms. The molecule has 0 saturated carbocycles. The molecule has 0 heteroatoms. The van der Waals surface area contributed by atoms with E-state index in [0.717, 1.165) is 19.3 Å². The lowest BCUT2D eigenvalue weighted by Crippen LogP contribution is -2.33. The van der Waals surface area contributed by atoms with Crippen molar-refractivity contribution in [1.82, 2.24) is 0 Å². The van der Waals surface area contributed by atoms with Gasteiger partial charge in [0.2, 0.25) is 0 Å². The zero-order valence-electron chi connectivity index (χ0n) is 15.5. The molecule has 2 aromatic rings. The highest BCUT2D eigenvalue weighted by atomic mass is 14.3. The van der Waals surface area contributed by atoms with E-state index in [1.807, 2.05) is 0 Å². The Hall–Kier alpha value is -2.60. The van der Waals surface area contributed by atoms with Crippen molar-refractivity contribution in [3.05, 3.63) is 92.4 Å². The lowest BCUT2D eigenvalue weighted by atomic mass is 9.78. The molecule has 0 bridgehead atoms. The molecule has 26 heavy (non-hydrogen) atoms. The zero-order valence-corrected chi connectivity index (χ0v) is 15.5. The fourth-order valence-electron chi connectivity index (χ4n) is 4.74. The molecule has 0 N–H and O–H groups in total. The Labute approximate surface area is 155 Å². The molecule has 2 aromatic carbocycles. The Morgan fingerprint density at radius 2 is 1.73 bits per heavy atom. The summed E-state index contributed by atoms with van der Waals surface area (Å²) >= 11 is 0. The third-order valence-corrected chi connectivity index (χ3v) is 6.12. The van der Waals surface area contributed by atoms with Crippen LogP contribution in [-0.4, -0.2) is 0 Å². The number of benzene rings is 2. The Balaban J connectivity index is 1.57. The van der Waals surface area contributed by atoms with Crippen molar-refractivity contribution in [2.24, 2.45) is 0 Å². The number of allylic oxidation sites excluding steroid dienone is 5. The standard InChI is InChI=1S/C26H24/c1-17-7-11-23-19(15-17)9-13-26-24-12-8-20(16-21(24)10-14-25(23)26)22-6-4-3-5-18(22)2/h3-6,8-9,11-15,20H,7,10,16H2,1-2H3/t20-/m1/s1. The summed E-state index contributed by atoms with van der Waals surface area (Å²) in [4.78, 5) is 0. The molecule has 0 saturated heterocycles. The maximum absolute atomic E-state index is 2.46. The summed E-state index contributed by atoms with van der Waals surface area (Å²) in [5, 5.41) is 2.89. The lowest BCUT2D eigenvalue weighted by Gasteiger charge is -2.27. The Bertz CT molecular complexity index is 1120. The molecule has 5 rings (SSSR count). The van der Waals surface area contributed by atoms with E-state index >= 15 is 0 Å². The first-order valence-corrected chi connectivity index (χ1v) is 9.67. The van der Waals surface area contributed by atoms with Crippen LogP contribution in [0.3, 0.4) is 0 Å². The van der Waals surface area contributed by atoms with Crippen LogP contribution in [0.5, 0.6) is 0 Å². The maximum atomic E-state index is 2.46. The van der Waals surface area contributed by atoms with Crippen LogP contribution in [0, 0.1) is 6.92 Å². The van der Waals surface area contributed by atoms with Crippen LogP contribution in [-0.2, 0) is 0 Å². The van der Waals surface area contributed by atoms with Crippen molar-refractivity contribution >= 4 is 23.8 Å². The molecule has 0 aliphatic heterocycles. The summed E-state index contributed by atoms with van der Waals surface area (Å²) in [5.74, 6) is 0.514. The second kappa shape index (κ2) is 5.99. The van der Waals surface area contributed by atoms with Gasteiger partial charge in [-0.3, -0.25) is 0 Å². The summed E-state index contributed by atoms with van der Waals surface area (Å²) < 4.78 is 0. The first-order valence-electron chi connectivity index (χ1n) is 9.67. The van der Waals surface area contributed by atoms with Gasteiger partial charge in [-0.2, -0.15) is 0 Å². The van der Waals surface area contributed by atoms with Gasteiger partial charge in [0, 0.05) is 5.92 Å². The van der Waals surface area contributed by atoms with E-state index in [2.05, 4.69) is 80.6 Å². The van der Waals surface area contributed by atoms with E-state index in [1.165, 1.54) is 43.8 Å². The van der Waals surface area contributed by atoms with Crippen LogP contribution >= 0.6 is 0 Å². The van der Waals surface area contributed by atoms with E-state index in [0.29, 0.717) is 5.92 Å². The smallest absolute Gasteiger partial charge is 0.00615 e. The number of aryl methyl sites for hydroxylation is 1. The van der Waals surface area contributed by atoms with Gasteiger partial charge in [-0.25, -0.2) is 0 Å². The topological polar surface area (TPSA) is 0 Å². The summed E-state index contributed by atoms with van der Waals surface area (Å²) in [6.07, 6.45) is 15.3. The van der Waals surface area contributed by atoms with Gasteiger partial charge in [-0.05, 0) is 71.4 Å². The predicted octanol–water partition coefficient (Wildman–Crippen LogP) is 5.26. The van der Waals surface area contributed by atoms with E-state index < -0.39 is 0 Å². The van der Waals surface area contributed by atoms with Crippen molar-refractivity contribution < 1.29 is 0 Å². The summed E-state index contributed by atoms with van der Waals surface area (Å²) in [7, 11) is 0. The molecule has 0 fully saturated rings. The van der Waals surface area contributed by atoms with Crippen molar-refractivity contribution in [1.29, 1.82) is 0 Å². The van der Waals surface area contributed by atoms with Crippen molar-refractivity contribution in [3.8, 4) is 0 Å². The average Bonchev–Trinajstić information content (AvgIpc) is 2.67. The molecule has 0 unspecified atom stereocenters. The molecule has 128 valence electrons. The largest absolute Gasteiger partial charge is 0.0761 e. The van der Waals surface area contributed by atoms with Gasteiger partial charge in [-0.15, -0.1) is 0 Å². The van der Waals surface area contributed by atoms with E-state index in [9.17, 15) is 0 Å². The van der Waals surface area contributed by atoms with Crippen LogP contribution in [0.15, 0.2) is 59.7 Å². The minimum absolute atomic E-state index is 0.514. The molecular weight excluding hydrogens is 312 g/mol. The molecule has 0 aromatic heterocycles. The Morgan fingerprint density at radius 1 is 0.885 bits per heavy atom. The SMILES string of the molecule is CC1=Cc2ccc3c(c2=CC1)=CCC1=C3C=C[C@@H](c2ccccc2C)C1. The molecule has 0 heterocycles. The quantitative estimate of drug-likeness (QED) is 0.666. The summed E-state index contributed by atoms with van der Waals surface area (Å²) in [6.45, 7) is 4.45.